The van der Waals surface area contributed by atoms with Crippen LogP contribution in [0.25, 0.3) is 10.9 Å². The van der Waals surface area contributed by atoms with Crippen molar-refractivity contribution in [2.45, 2.75) is 18.9 Å². The van der Waals surface area contributed by atoms with Gasteiger partial charge in [0.2, 0.25) is 5.95 Å². The molecule has 4 rings (SSSR count). The molecule has 0 amide bonds. The normalized spacial score (nSPS) is 17.1. The second kappa shape index (κ2) is 7.19. The summed E-state index contributed by atoms with van der Waals surface area (Å²) in [6.07, 6.45) is 7.49. The first-order chi connectivity index (χ1) is 12.3. The molecule has 1 aliphatic rings. The van der Waals surface area contributed by atoms with E-state index in [9.17, 15) is 0 Å². The number of fused-ring (bicyclic) bond motifs is 1. The molecule has 1 N–H and O–H groups in total. The summed E-state index contributed by atoms with van der Waals surface area (Å²) in [6, 6.07) is 8.85. The van der Waals surface area contributed by atoms with E-state index in [4.69, 9.17) is 0 Å². The lowest BCUT2D eigenvalue weighted by atomic mass is 9.98. The maximum atomic E-state index is 4.37. The molecular weight excluding hydrogens is 312 g/mol. The fraction of sp³-hybridized carbons (Fsp3) is 0.368. The van der Waals surface area contributed by atoms with Crippen LogP contribution < -0.4 is 4.90 Å². The third-order valence-electron chi connectivity index (χ3n) is 4.92. The SMILES string of the molecule is [CH2]CCC(c1ccc2[nH]ncc2c1)N1CCN(c2ncccn2)CC1. The van der Waals surface area contributed by atoms with Crippen LogP contribution in [0.1, 0.15) is 24.4 Å². The lowest BCUT2D eigenvalue weighted by molar-refractivity contribution is 0.177. The zero-order valence-electron chi connectivity index (χ0n) is 14.3. The molecule has 3 heterocycles. The highest BCUT2D eigenvalue weighted by atomic mass is 15.3. The Bertz CT molecular complexity index is 807. The first-order valence-electron chi connectivity index (χ1n) is 8.83. The van der Waals surface area contributed by atoms with Crippen LogP contribution in [0.2, 0.25) is 0 Å². The van der Waals surface area contributed by atoms with Crippen LogP contribution in [0.4, 0.5) is 5.95 Å². The number of hydrogen-bond donors (Lipinski definition) is 1. The standard InChI is InChI=1S/C19H23N6/c1-2-4-18(15-5-6-17-16(13-15)14-22-23-17)24-9-11-25(12-10-24)19-20-7-3-8-21-19/h3,5-8,13-14,18H,1-2,4,9-12H2,(H,22,23). The molecule has 0 aliphatic carbocycles. The molecule has 3 aromatic rings. The molecule has 129 valence electrons. The van der Waals surface area contributed by atoms with Gasteiger partial charge < -0.3 is 4.90 Å². The Balaban J connectivity index is 1.50. The quantitative estimate of drug-likeness (QED) is 0.777. The van der Waals surface area contributed by atoms with Crippen LogP contribution in [0.3, 0.4) is 0 Å². The van der Waals surface area contributed by atoms with Crippen LogP contribution >= 0.6 is 0 Å². The average Bonchev–Trinajstić information content (AvgIpc) is 3.15. The van der Waals surface area contributed by atoms with Crippen molar-refractivity contribution in [3.05, 3.63) is 55.3 Å². The van der Waals surface area contributed by atoms with Gasteiger partial charge in [-0.25, -0.2) is 9.97 Å². The number of piperazine rings is 1. The molecule has 6 heteroatoms. The Labute approximate surface area is 147 Å². The molecule has 1 fully saturated rings. The smallest absolute Gasteiger partial charge is 0.225 e. The first-order valence-corrected chi connectivity index (χ1v) is 8.83. The predicted molar refractivity (Wildman–Crippen MR) is 99.2 cm³/mol. The van der Waals surface area contributed by atoms with Crippen LogP contribution in [0.5, 0.6) is 0 Å². The molecule has 6 nitrogen and oxygen atoms in total. The van der Waals surface area contributed by atoms with Crippen molar-refractivity contribution in [2.24, 2.45) is 0 Å². The molecule has 1 saturated heterocycles. The van der Waals surface area contributed by atoms with E-state index in [1.807, 2.05) is 12.3 Å². The minimum atomic E-state index is 0.399. The fourth-order valence-corrected chi connectivity index (χ4v) is 3.61. The van der Waals surface area contributed by atoms with Crippen molar-refractivity contribution >= 4 is 16.9 Å². The Morgan fingerprint density at radius 1 is 1.12 bits per heavy atom. The Morgan fingerprint density at radius 2 is 1.92 bits per heavy atom. The van der Waals surface area contributed by atoms with Gasteiger partial charge in [-0.1, -0.05) is 19.4 Å². The van der Waals surface area contributed by atoms with Crippen molar-refractivity contribution < 1.29 is 0 Å². The van der Waals surface area contributed by atoms with E-state index in [1.54, 1.807) is 12.4 Å². The van der Waals surface area contributed by atoms with Crippen molar-refractivity contribution in [3.63, 3.8) is 0 Å². The van der Waals surface area contributed by atoms with Gasteiger partial charge in [0.25, 0.3) is 0 Å². The summed E-state index contributed by atoms with van der Waals surface area (Å²) >= 11 is 0. The van der Waals surface area contributed by atoms with E-state index in [-0.39, 0.29) is 0 Å². The Kier molecular flexibility index (Phi) is 4.61. The van der Waals surface area contributed by atoms with Gasteiger partial charge in [-0.05, 0) is 30.2 Å². The lowest BCUT2D eigenvalue weighted by Gasteiger charge is -2.39. The summed E-state index contributed by atoms with van der Waals surface area (Å²) in [5.41, 5.74) is 2.44. The van der Waals surface area contributed by atoms with Gasteiger partial charge in [0.1, 0.15) is 0 Å². The second-order valence-corrected chi connectivity index (χ2v) is 6.45. The second-order valence-electron chi connectivity index (χ2n) is 6.45. The Hall–Kier alpha value is -2.47. The summed E-state index contributed by atoms with van der Waals surface area (Å²) in [4.78, 5) is 13.6. The molecular formula is C19H23N6. The highest BCUT2D eigenvalue weighted by Gasteiger charge is 2.25. The minimum absolute atomic E-state index is 0.399. The number of rotatable bonds is 5. The number of H-pyrrole nitrogens is 1. The van der Waals surface area contributed by atoms with Crippen molar-refractivity contribution in [1.29, 1.82) is 0 Å². The van der Waals surface area contributed by atoms with E-state index in [1.165, 1.54) is 10.9 Å². The van der Waals surface area contributed by atoms with Crippen LogP contribution in [-0.4, -0.2) is 51.2 Å². The zero-order chi connectivity index (χ0) is 17.1. The number of benzene rings is 1. The minimum Gasteiger partial charge on any atom is -0.338 e. The zero-order valence-corrected chi connectivity index (χ0v) is 14.3. The average molecular weight is 335 g/mol. The summed E-state index contributed by atoms with van der Waals surface area (Å²) in [6.45, 7) is 8.00. The molecule has 0 bridgehead atoms. The fourth-order valence-electron chi connectivity index (χ4n) is 3.61. The van der Waals surface area contributed by atoms with Crippen LogP contribution in [0, 0.1) is 6.92 Å². The first kappa shape index (κ1) is 16.0. The van der Waals surface area contributed by atoms with Gasteiger partial charge in [-0.2, -0.15) is 5.10 Å². The van der Waals surface area contributed by atoms with Gasteiger partial charge in [0.05, 0.1) is 11.7 Å². The van der Waals surface area contributed by atoms with Gasteiger partial charge in [0.15, 0.2) is 0 Å². The summed E-state index contributed by atoms with van der Waals surface area (Å²) in [5.74, 6) is 0.829. The van der Waals surface area contributed by atoms with Crippen LogP contribution in [-0.2, 0) is 0 Å². The third-order valence-corrected chi connectivity index (χ3v) is 4.92. The molecule has 1 unspecified atom stereocenters. The number of hydrogen-bond acceptors (Lipinski definition) is 5. The molecule has 2 aromatic heterocycles. The largest absolute Gasteiger partial charge is 0.338 e. The molecule has 1 atom stereocenters. The van der Waals surface area contributed by atoms with E-state index in [0.29, 0.717) is 6.04 Å². The number of nitrogens with one attached hydrogen (secondary N) is 1. The van der Waals surface area contributed by atoms with Crippen LogP contribution in [0.15, 0.2) is 42.9 Å². The van der Waals surface area contributed by atoms with Gasteiger partial charge in [0, 0.05) is 50.0 Å². The van der Waals surface area contributed by atoms with E-state index in [0.717, 1.165) is 50.5 Å². The highest BCUT2D eigenvalue weighted by Crippen LogP contribution is 2.29. The van der Waals surface area contributed by atoms with Gasteiger partial charge in [-0.3, -0.25) is 10.00 Å². The van der Waals surface area contributed by atoms with Gasteiger partial charge >= 0.3 is 0 Å². The van der Waals surface area contributed by atoms with Crippen molar-refractivity contribution in [3.8, 4) is 0 Å². The molecule has 0 spiro atoms. The summed E-state index contributed by atoms with van der Waals surface area (Å²) < 4.78 is 0. The van der Waals surface area contributed by atoms with Gasteiger partial charge in [-0.15, -0.1) is 0 Å². The molecule has 1 aromatic carbocycles. The highest BCUT2D eigenvalue weighted by molar-refractivity contribution is 5.78. The number of aromatic amines is 1. The van der Waals surface area contributed by atoms with E-state index < -0.39 is 0 Å². The molecule has 0 saturated carbocycles. The predicted octanol–water partition coefficient (Wildman–Crippen LogP) is 2.83. The number of nitrogens with zero attached hydrogens (tertiary/aromatic N) is 5. The van der Waals surface area contributed by atoms with Crippen molar-refractivity contribution in [1.82, 2.24) is 25.1 Å². The number of anilines is 1. The maximum absolute atomic E-state index is 4.37. The Morgan fingerprint density at radius 3 is 2.68 bits per heavy atom. The molecule has 1 aliphatic heterocycles. The topological polar surface area (TPSA) is 60.9 Å². The van der Waals surface area contributed by atoms with E-state index in [2.05, 4.69) is 55.1 Å². The maximum Gasteiger partial charge on any atom is 0.225 e. The molecule has 25 heavy (non-hydrogen) atoms. The monoisotopic (exact) mass is 335 g/mol. The number of aromatic nitrogens is 4. The van der Waals surface area contributed by atoms with E-state index >= 15 is 0 Å². The molecule has 1 radical (unpaired) electrons. The summed E-state index contributed by atoms with van der Waals surface area (Å²) in [5, 5.41) is 8.33. The summed E-state index contributed by atoms with van der Waals surface area (Å²) in [7, 11) is 0. The lowest BCUT2D eigenvalue weighted by Crippen LogP contribution is -2.48. The van der Waals surface area contributed by atoms with Crippen molar-refractivity contribution in [2.75, 3.05) is 31.1 Å². The third kappa shape index (κ3) is 3.35.